The molecule has 0 bridgehead atoms. The maximum atomic E-state index is 12.6. The van der Waals surface area contributed by atoms with Crippen molar-refractivity contribution in [3.63, 3.8) is 0 Å². The zero-order valence-electron chi connectivity index (χ0n) is 15.5. The van der Waals surface area contributed by atoms with Crippen LogP contribution in [0.3, 0.4) is 0 Å². The Morgan fingerprint density at radius 2 is 1.81 bits per heavy atom. The monoisotopic (exact) mass is 384 g/mol. The Bertz CT molecular complexity index is 921. The van der Waals surface area contributed by atoms with Crippen LogP contribution in [0.15, 0.2) is 96.6 Å². The normalized spacial score (nSPS) is 13.0. The van der Waals surface area contributed by atoms with Gasteiger partial charge in [-0.1, -0.05) is 55.7 Å². The van der Waals surface area contributed by atoms with Gasteiger partial charge in [0.1, 0.15) is 0 Å². The van der Waals surface area contributed by atoms with Gasteiger partial charge in [0.05, 0.1) is 16.2 Å². The average molecular weight is 385 g/mol. The van der Waals surface area contributed by atoms with Crippen LogP contribution in [-0.2, 0) is 10.0 Å². The van der Waals surface area contributed by atoms with Gasteiger partial charge in [0.2, 0.25) is 0 Å². The average Bonchev–Trinajstić information content (AvgIpc) is 2.65. The molecule has 1 aromatic carbocycles. The molecule has 6 heteroatoms. The molecule has 0 spiro atoms. The number of hydrogen-bond donors (Lipinski definition) is 2. The maximum absolute atomic E-state index is 12.6. The van der Waals surface area contributed by atoms with Crippen LogP contribution >= 0.6 is 0 Å². The highest BCUT2D eigenvalue weighted by molar-refractivity contribution is 7.96. The number of allylic oxidation sites excluding steroid dienone is 8. The van der Waals surface area contributed by atoms with Gasteiger partial charge in [0.25, 0.3) is 15.9 Å². The Kier molecular flexibility index (Phi) is 8.75. The molecule has 0 aliphatic carbocycles. The van der Waals surface area contributed by atoms with E-state index in [0.717, 1.165) is 0 Å². The molecule has 1 rings (SSSR count). The van der Waals surface area contributed by atoms with E-state index >= 15 is 0 Å². The summed E-state index contributed by atoms with van der Waals surface area (Å²) in [4.78, 5) is 12.7. The summed E-state index contributed by atoms with van der Waals surface area (Å²) >= 11 is 0. The van der Waals surface area contributed by atoms with Crippen LogP contribution in [0, 0.1) is 0 Å². The molecule has 0 fully saturated rings. The van der Waals surface area contributed by atoms with Crippen molar-refractivity contribution in [2.24, 2.45) is 0 Å². The molecule has 0 aliphatic rings. The number of rotatable bonds is 9. The molecule has 0 atom stereocenters. The van der Waals surface area contributed by atoms with Gasteiger partial charge >= 0.3 is 0 Å². The first-order chi connectivity index (χ1) is 12.9. The van der Waals surface area contributed by atoms with Gasteiger partial charge in [-0.05, 0) is 44.2 Å². The smallest absolute Gasteiger partial charge is 0.261 e. The number of benzene rings is 1. The first kappa shape index (κ1) is 21.9. The first-order valence-electron chi connectivity index (χ1n) is 8.23. The fraction of sp³-hybridized carbons (Fsp3) is 0.0952. The summed E-state index contributed by atoms with van der Waals surface area (Å²) in [5.74, 6) is -0.451. The van der Waals surface area contributed by atoms with Crippen LogP contribution in [0.5, 0.6) is 0 Å². The molecule has 1 aromatic rings. The Morgan fingerprint density at radius 3 is 2.41 bits per heavy atom. The minimum absolute atomic E-state index is 0.0670. The van der Waals surface area contributed by atoms with Gasteiger partial charge in [0, 0.05) is 5.70 Å². The highest BCUT2D eigenvalue weighted by Gasteiger charge is 2.19. The highest BCUT2D eigenvalue weighted by atomic mass is 32.2. The van der Waals surface area contributed by atoms with Crippen molar-refractivity contribution >= 4 is 21.6 Å². The van der Waals surface area contributed by atoms with E-state index in [0.29, 0.717) is 5.70 Å². The van der Waals surface area contributed by atoms with Crippen molar-refractivity contribution in [2.75, 3.05) is 4.72 Å². The molecule has 2 N–H and O–H groups in total. The summed E-state index contributed by atoms with van der Waals surface area (Å²) in [6.45, 7) is 10.6. The van der Waals surface area contributed by atoms with E-state index in [-0.39, 0.29) is 16.2 Å². The largest absolute Gasteiger partial charge is 0.322 e. The number of para-hydroxylation sites is 1. The Balaban J connectivity index is 3.19. The molecule has 0 aliphatic heterocycles. The summed E-state index contributed by atoms with van der Waals surface area (Å²) in [6, 6.07) is 6.37. The molecule has 0 heterocycles. The molecule has 0 aromatic heterocycles. The lowest BCUT2D eigenvalue weighted by Gasteiger charge is -2.13. The van der Waals surface area contributed by atoms with Crippen LogP contribution in [0.1, 0.15) is 24.2 Å². The van der Waals surface area contributed by atoms with E-state index in [1.807, 2.05) is 13.0 Å². The van der Waals surface area contributed by atoms with Crippen LogP contribution < -0.4 is 10.0 Å². The minimum atomic E-state index is -3.85. The van der Waals surface area contributed by atoms with Crippen molar-refractivity contribution < 1.29 is 13.2 Å². The fourth-order valence-corrected chi connectivity index (χ4v) is 3.19. The van der Waals surface area contributed by atoms with Gasteiger partial charge in [-0.2, -0.15) is 0 Å². The first-order valence-corrected chi connectivity index (χ1v) is 9.72. The zero-order chi connectivity index (χ0) is 20.3. The lowest BCUT2D eigenvalue weighted by atomic mass is 10.1. The van der Waals surface area contributed by atoms with E-state index in [4.69, 9.17) is 0 Å². The third kappa shape index (κ3) is 6.60. The highest BCUT2D eigenvalue weighted by Crippen LogP contribution is 2.20. The number of nitrogens with one attached hydrogen (secondary N) is 2. The van der Waals surface area contributed by atoms with Crippen LogP contribution in [0.2, 0.25) is 0 Å². The SMILES string of the molecule is C=C/C=C\C(=C/C)S(=O)(=O)Nc1ccccc1C(=O)N/C(C=C)=C/C=C\C. The third-order valence-corrected chi connectivity index (χ3v) is 4.83. The Labute approximate surface area is 161 Å². The molecular weight excluding hydrogens is 360 g/mol. The molecule has 1 amide bonds. The predicted molar refractivity (Wildman–Crippen MR) is 113 cm³/mol. The summed E-state index contributed by atoms with van der Waals surface area (Å²) < 4.78 is 27.7. The second-order valence-corrected chi connectivity index (χ2v) is 6.93. The van der Waals surface area contributed by atoms with Crippen LogP contribution in [0.4, 0.5) is 5.69 Å². The van der Waals surface area contributed by atoms with Crippen molar-refractivity contribution in [3.05, 3.63) is 102 Å². The van der Waals surface area contributed by atoms with E-state index in [1.165, 1.54) is 36.4 Å². The second kappa shape index (κ2) is 10.8. The lowest BCUT2D eigenvalue weighted by Crippen LogP contribution is -2.24. The molecular formula is C21H24N2O3S. The number of hydrogen-bond acceptors (Lipinski definition) is 3. The van der Waals surface area contributed by atoms with Crippen LogP contribution in [0.25, 0.3) is 0 Å². The maximum Gasteiger partial charge on any atom is 0.261 e. The van der Waals surface area contributed by atoms with E-state index < -0.39 is 15.9 Å². The van der Waals surface area contributed by atoms with E-state index in [1.54, 1.807) is 37.3 Å². The van der Waals surface area contributed by atoms with E-state index in [2.05, 4.69) is 23.2 Å². The van der Waals surface area contributed by atoms with Gasteiger partial charge < -0.3 is 5.32 Å². The van der Waals surface area contributed by atoms with Crippen molar-refractivity contribution in [3.8, 4) is 0 Å². The lowest BCUT2D eigenvalue weighted by molar-refractivity contribution is 0.0968. The van der Waals surface area contributed by atoms with E-state index in [9.17, 15) is 13.2 Å². The summed E-state index contributed by atoms with van der Waals surface area (Å²) in [5, 5.41) is 2.70. The van der Waals surface area contributed by atoms with Gasteiger partial charge in [0.15, 0.2) is 0 Å². The van der Waals surface area contributed by atoms with Gasteiger partial charge in [-0.25, -0.2) is 8.42 Å². The molecule has 0 unspecified atom stereocenters. The standard InChI is InChI=1S/C21H24N2O3S/c1-5-9-13-17(7-3)22-21(24)19-15-11-12-16-20(19)23-27(25,26)18(8-4)14-10-6-2/h5-16,23H,2-3H2,1,4H3,(H,22,24)/b9-5-,14-10-,17-13+,18-8+. The molecule has 27 heavy (non-hydrogen) atoms. The Morgan fingerprint density at radius 1 is 1.11 bits per heavy atom. The third-order valence-electron chi connectivity index (χ3n) is 3.35. The minimum Gasteiger partial charge on any atom is -0.322 e. The molecule has 0 saturated carbocycles. The van der Waals surface area contributed by atoms with Crippen molar-refractivity contribution in [1.29, 1.82) is 0 Å². The number of carbonyl (C=O) groups excluding carboxylic acids is 1. The quantitative estimate of drug-likeness (QED) is 0.618. The van der Waals surface area contributed by atoms with Crippen molar-refractivity contribution in [2.45, 2.75) is 13.8 Å². The van der Waals surface area contributed by atoms with Gasteiger partial charge in [-0.3, -0.25) is 9.52 Å². The molecule has 0 saturated heterocycles. The predicted octanol–water partition coefficient (Wildman–Crippen LogP) is 4.45. The molecule has 142 valence electrons. The number of anilines is 1. The number of carbonyl (C=O) groups is 1. The molecule has 0 radical (unpaired) electrons. The second-order valence-electron chi connectivity index (χ2n) is 5.24. The molecule has 5 nitrogen and oxygen atoms in total. The van der Waals surface area contributed by atoms with Crippen LogP contribution in [-0.4, -0.2) is 14.3 Å². The number of amides is 1. The summed E-state index contributed by atoms with van der Waals surface area (Å²) in [7, 11) is -3.85. The van der Waals surface area contributed by atoms with Gasteiger partial charge in [-0.15, -0.1) is 0 Å². The van der Waals surface area contributed by atoms with Crippen molar-refractivity contribution in [1.82, 2.24) is 5.32 Å². The summed E-state index contributed by atoms with van der Waals surface area (Å²) in [6.07, 6.45) is 12.7. The topological polar surface area (TPSA) is 75.3 Å². The number of sulfonamides is 1. The summed E-state index contributed by atoms with van der Waals surface area (Å²) in [5.41, 5.74) is 0.868. The fourth-order valence-electron chi connectivity index (χ4n) is 2.04. The zero-order valence-corrected chi connectivity index (χ0v) is 16.3. The Hall–Kier alpha value is -3.12.